The molecule has 0 spiro atoms. The number of hydrogen-bond acceptors (Lipinski definition) is 1. The van der Waals surface area contributed by atoms with E-state index in [1.807, 2.05) is 0 Å². The van der Waals surface area contributed by atoms with Gasteiger partial charge in [-0.2, -0.15) is 0 Å². The molecule has 0 bridgehead atoms. The van der Waals surface area contributed by atoms with Gasteiger partial charge in [0.2, 0.25) is 0 Å². The molecule has 0 aromatic heterocycles. The predicted octanol–water partition coefficient (Wildman–Crippen LogP) is 2.56. The second-order valence-electron chi connectivity index (χ2n) is 3.30. The van der Waals surface area contributed by atoms with E-state index in [0.29, 0.717) is 0 Å². The lowest BCUT2D eigenvalue weighted by molar-refractivity contribution is 0.562. The van der Waals surface area contributed by atoms with Gasteiger partial charge in [-0.15, -0.1) is 0 Å². The van der Waals surface area contributed by atoms with E-state index >= 15 is 0 Å². The highest BCUT2D eigenvalue weighted by molar-refractivity contribution is 5.19. The third-order valence-corrected chi connectivity index (χ3v) is 1.91. The van der Waals surface area contributed by atoms with Gasteiger partial charge >= 0.3 is 0 Å². The molecule has 1 heteroatoms. The molecule has 1 aliphatic rings. The third kappa shape index (κ3) is 3.26. The molecule has 1 nitrogen and oxygen atoms in total. The fraction of sp³-hybridized carbons (Fsp3) is 0.600. The highest BCUT2D eigenvalue weighted by Gasteiger charge is 1.98. The van der Waals surface area contributed by atoms with Crippen LogP contribution in [0.2, 0.25) is 0 Å². The van der Waals surface area contributed by atoms with Crippen LogP contribution in [0.5, 0.6) is 0 Å². The van der Waals surface area contributed by atoms with E-state index in [9.17, 15) is 0 Å². The monoisotopic (exact) mass is 151 g/mol. The topological polar surface area (TPSA) is 3.24 Å². The van der Waals surface area contributed by atoms with Crippen molar-refractivity contribution in [2.24, 2.45) is 0 Å². The normalized spacial score (nSPS) is 18.5. The second kappa shape index (κ2) is 4.22. The molecule has 0 radical (unpaired) electrons. The molecule has 0 atom stereocenters. The van der Waals surface area contributed by atoms with Crippen molar-refractivity contribution < 1.29 is 0 Å². The standard InChI is InChI=1S/C10H17N/c1-11(2)9-8-10-6-4-3-5-7-10/h6,8-9H,3-5,7H2,1-2H3/b9-8-. The van der Waals surface area contributed by atoms with Crippen LogP contribution in [0.4, 0.5) is 0 Å². The molecule has 11 heavy (non-hydrogen) atoms. The van der Waals surface area contributed by atoms with E-state index in [1.165, 1.54) is 31.3 Å². The number of rotatable bonds is 2. The fourth-order valence-electron chi connectivity index (χ4n) is 1.26. The maximum Gasteiger partial charge on any atom is 0.00556 e. The van der Waals surface area contributed by atoms with Crippen LogP contribution in [0.1, 0.15) is 25.7 Å². The Morgan fingerprint density at radius 3 is 2.73 bits per heavy atom. The summed E-state index contributed by atoms with van der Waals surface area (Å²) < 4.78 is 0. The molecule has 0 unspecified atom stereocenters. The first-order valence-electron chi connectivity index (χ1n) is 4.33. The van der Waals surface area contributed by atoms with Crippen molar-refractivity contribution >= 4 is 0 Å². The molecule has 0 saturated heterocycles. The predicted molar refractivity (Wildman–Crippen MR) is 49.4 cm³/mol. The van der Waals surface area contributed by atoms with Gasteiger partial charge in [-0.1, -0.05) is 11.6 Å². The maximum atomic E-state index is 2.35. The Balaban J connectivity index is 2.41. The smallest absolute Gasteiger partial charge is 0.00556 e. The Labute approximate surface area is 69.4 Å². The molecule has 0 heterocycles. The first kappa shape index (κ1) is 8.38. The summed E-state index contributed by atoms with van der Waals surface area (Å²) in [4.78, 5) is 2.08. The molecule has 0 saturated carbocycles. The van der Waals surface area contributed by atoms with Gasteiger partial charge in [0.25, 0.3) is 0 Å². The summed E-state index contributed by atoms with van der Waals surface area (Å²) >= 11 is 0. The lowest BCUT2D eigenvalue weighted by Crippen LogP contribution is -2.00. The molecule has 62 valence electrons. The molecule has 0 fully saturated rings. The summed E-state index contributed by atoms with van der Waals surface area (Å²) in [5.74, 6) is 0. The number of allylic oxidation sites excluding steroid dienone is 3. The Morgan fingerprint density at radius 2 is 2.18 bits per heavy atom. The van der Waals surface area contributed by atoms with Crippen LogP contribution in [0.15, 0.2) is 23.9 Å². The first-order valence-corrected chi connectivity index (χ1v) is 4.33. The van der Waals surface area contributed by atoms with Gasteiger partial charge in [-0.25, -0.2) is 0 Å². The van der Waals surface area contributed by atoms with Crippen LogP contribution in [0, 0.1) is 0 Å². The van der Waals surface area contributed by atoms with Gasteiger partial charge in [0.15, 0.2) is 0 Å². The SMILES string of the molecule is CN(C)/C=C\C1=CCCCC1. The maximum absolute atomic E-state index is 2.35. The Morgan fingerprint density at radius 1 is 1.36 bits per heavy atom. The van der Waals surface area contributed by atoms with Crippen LogP contribution in [-0.2, 0) is 0 Å². The van der Waals surface area contributed by atoms with Crippen molar-refractivity contribution in [2.45, 2.75) is 25.7 Å². The second-order valence-corrected chi connectivity index (χ2v) is 3.30. The largest absolute Gasteiger partial charge is 0.383 e. The lowest BCUT2D eigenvalue weighted by Gasteiger charge is -2.09. The molecule has 0 N–H and O–H groups in total. The van der Waals surface area contributed by atoms with Gasteiger partial charge in [0.05, 0.1) is 0 Å². The summed E-state index contributed by atoms with van der Waals surface area (Å²) in [5.41, 5.74) is 1.50. The lowest BCUT2D eigenvalue weighted by atomic mass is 10.00. The van der Waals surface area contributed by atoms with Gasteiger partial charge in [0, 0.05) is 14.1 Å². The molecule has 0 aromatic rings. The average molecular weight is 151 g/mol. The zero-order valence-electron chi connectivity index (χ0n) is 7.51. The minimum atomic E-state index is 1.27. The fourth-order valence-corrected chi connectivity index (χ4v) is 1.26. The molecular formula is C10H17N. The minimum absolute atomic E-state index is 1.27. The Bertz CT molecular complexity index is 166. The Hall–Kier alpha value is -0.720. The van der Waals surface area contributed by atoms with Gasteiger partial charge in [0.1, 0.15) is 0 Å². The van der Waals surface area contributed by atoms with E-state index in [0.717, 1.165) is 0 Å². The van der Waals surface area contributed by atoms with Crippen molar-refractivity contribution in [2.75, 3.05) is 14.1 Å². The van der Waals surface area contributed by atoms with E-state index in [4.69, 9.17) is 0 Å². The highest BCUT2D eigenvalue weighted by Crippen LogP contribution is 2.17. The van der Waals surface area contributed by atoms with Crippen molar-refractivity contribution in [3.05, 3.63) is 23.9 Å². The van der Waals surface area contributed by atoms with Crippen LogP contribution < -0.4 is 0 Å². The van der Waals surface area contributed by atoms with Gasteiger partial charge in [-0.3, -0.25) is 0 Å². The summed E-state index contributed by atoms with van der Waals surface area (Å²) in [5, 5.41) is 0. The molecule has 0 aliphatic heterocycles. The van der Waals surface area contributed by atoms with Crippen LogP contribution >= 0.6 is 0 Å². The first-order chi connectivity index (χ1) is 5.29. The van der Waals surface area contributed by atoms with E-state index in [2.05, 4.69) is 37.3 Å². The third-order valence-electron chi connectivity index (χ3n) is 1.91. The van der Waals surface area contributed by atoms with Crippen LogP contribution in [0.25, 0.3) is 0 Å². The quantitative estimate of drug-likeness (QED) is 0.586. The van der Waals surface area contributed by atoms with Crippen molar-refractivity contribution in [1.82, 2.24) is 4.90 Å². The molecule has 1 aliphatic carbocycles. The molecule has 1 rings (SSSR count). The van der Waals surface area contributed by atoms with Crippen molar-refractivity contribution in [3.8, 4) is 0 Å². The summed E-state index contributed by atoms with van der Waals surface area (Å²) in [6, 6.07) is 0. The van der Waals surface area contributed by atoms with Crippen molar-refractivity contribution in [1.29, 1.82) is 0 Å². The highest BCUT2D eigenvalue weighted by atomic mass is 15.0. The summed E-state index contributed by atoms with van der Waals surface area (Å²) in [6.07, 6.45) is 12.0. The van der Waals surface area contributed by atoms with E-state index in [-0.39, 0.29) is 0 Å². The summed E-state index contributed by atoms with van der Waals surface area (Å²) in [6.45, 7) is 0. The zero-order chi connectivity index (χ0) is 8.10. The molecule has 0 aromatic carbocycles. The van der Waals surface area contributed by atoms with Gasteiger partial charge in [-0.05, 0) is 38.0 Å². The van der Waals surface area contributed by atoms with Crippen LogP contribution in [0.3, 0.4) is 0 Å². The number of hydrogen-bond donors (Lipinski definition) is 0. The summed E-state index contributed by atoms with van der Waals surface area (Å²) in [7, 11) is 4.11. The van der Waals surface area contributed by atoms with Crippen LogP contribution in [-0.4, -0.2) is 19.0 Å². The Kier molecular flexibility index (Phi) is 3.21. The average Bonchev–Trinajstić information content (AvgIpc) is 2.03. The van der Waals surface area contributed by atoms with Gasteiger partial charge < -0.3 is 4.90 Å². The number of nitrogens with zero attached hydrogens (tertiary/aromatic N) is 1. The van der Waals surface area contributed by atoms with E-state index < -0.39 is 0 Å². The molecular weight excluding hydrogens is 134 g/mol. The van der Waals surface area contributed by atoms with Crippen molar-refractivity contribution in [3.63, 3.8) is 0 Å². The minimum Gasteiger partial charge on any atom is -0.383 e. The molecule has 0 amide bonds. The van der Waals surface area contributed by atoms with E-state index in [1.54, 1.807) is 0 Å². The zero-order valence-corrected chi connectivity index (χ0v) is 7.51.